The van der Waals surface area contributed by atoms with Crippen molar-refractivity contribution in [3.8, 4) is 0 Å². The maximum absolute atomic E-state index is 11.7. The van der Waals surface area contributed by atoms with Crippen LogP contribution in [0.15, 0.2) is 0 Å². The number of thioether (sulfide) groups is 1. The van der Waals surface area contributed by atoms with E-state index in [2.05, 4.69) is 0 Å². The zero-order chi connectivity index (χ0) is 10.6. The molecule has 0 bridgehead atoms. The molecule has 0 aromatic rings. The first-order chi connectivity index (χ1) is 5.75. The fourth-order valence-electron chi connectivity index (χ4n) is 0.401. The average Bonchev–Trinajstić information content (AvgIpc) is 1.97. The number of carboxylic acid groups (broad SMARTS) is 1. The van der Waals surface area contributed by atoms with Crippen LogP contribution < -0.4 is 0 Å². The number of aliphatic carboxylic acids is 1. The Hall–Kier alpha value is -0.430. The van der Waals surface area contributed by atoms with Gasteiger partial charge in [0.05, 0.1) is 5.25 Å². The number of carbonyl (C=O) groups is 1. The molecule has 0 amide bonds. The highest BCUT2D eigenvalue weighted by Crippen LogP contribution is 2.24. The topological polar surface area (TPSA) is 57.5 Å². The second kappa shape index (κ2) is 4.71. The Labute approximate surface area is 76.9 Å². The monoisotopic (exact) mass is 218 g/mol. The van der Waals surface area contributed by atoms with Gasteiger partial charge in [0.25, 0.3) is 0 Å². The molecular weight excluding hydrogens is 209 g/mol. The van der Waals surface area contributed by atoms with Gasteiger partial charge in [0.2, 0.25) is 0 Å². The number of alkyl halides is 3. The minimum Gasteiger partial charge on any atom is -0.480 e. The van der Waals surface area contributed by atoms with Crippen molar-refractivity contribution in [1.29, 1.82) is 0 Å². The maximum Gasteiger partial charge on any atom is 0.415 e. The Morgan fingerprint density at radius 1 is 1.54 bits per heavy atom. The Balaban J connectivity index is 3.83. The quantitative estimate of drug-likeness (QED) is 0.742. The molecule has 2 N–H and O–H groups in total. The molecule has 13 heavy (non-hydrogen) atoms. The molecule has 0 aromatic heterocycles. The van der Waals surface area contributed by atoms with Crippen LogP contribution >= 0.6 is 11.8 Å². The summed E-state index contributed by atoms with van der Waals surface area (Å²) in [7, 11) is 0. The van der Waals surface area contributed by atoms with Crippen molar-refractivity contribution in [2.45, 2.75) is 24.5 Å². The minimum absolute atomic E-state index is 0.550. The molecule has 0 saturated carbocycles. The predicted molar refractivity (Wildman–Crippen MR) is 41.6 cm³/mol. The van der Waals surface area contributed by atoms with Crippen molar-refractivity contribution in [3.63, 3.8) is 0 Å². The smallest absolute Gasteiger partial charge is 0.415 e. The summed E-state index contributed by atoms with van der Waals surface area (Å²) in [4.78, 5) is 10.2. The van der Waals surface area contributed by atoms with E-state index in [0.29, 0.717) is 11.8 Å². The number of hydrogen-bond acceptors (Lipinski definition) is 3. The van der Waals surface area contributed by atoms with Crippen LogP contribution in [0.3, 0.4) is 0 Å². The predicted octanol–water partition coefficient (Wildman–Crippen LogP) is 1.12. The summed E-state index contributed by atoms with van der Waals surface area (Å²) in [5, 5.41) is 15.8. The van der Waals surface area contributed by atoms with E-state index in [0.717, 1.165) is 0 Å². The number of rotatable bonds is 4. The van der Waals surface area contributed by atoms with E-state index in [9.17, 15) is 18.0 Å². The number of carboxylic acids is 1. The van der Waals surface area contributed by atoms with Crippen LogP contribution in [0.5, 0.6) is 0 Å². The summed E-state index contributed by atoms with van der Waals surface area (Å²) < 4.78 is 35.1. The van der Waals surface area contributed by atoms with E-state index in [1.807, 2.05) is 0 Å². The van der Waals surface area contributed by atoms with Gasteiger partial charge in [0, 0.05) is 5.75 Å². The van der Waals surface area contributed by atoms with Crippen molar-refractivity contribution >= 4 is 17.7 Å². The molecule has 0 rings (SSSR count). The normalized spacial score (nSPS) is 16.7. The van der Waals surface area contributed by atoms with E-state index >= 15 is 0 Å². The number of aliphatic hydroxyl groups excluding tert-OH is 1. The van der Waals surface area contributed by atoms with Crippen molar-refractivity contribution in [2.75, 3.05) is 5.75 Å². The Kier molecular flexibility index (Phi) is 4.55. The van der Waals surface area contributed by atoms with Crippen molar-refractivity contribution < 1.29 is 28.2 Å². The van der Waals surface area contributed by atoms with Gasteiger partial charge in [-0.3, -0.25) is 4.79 Å². The SMILES string of the molecule is CC(SCC(O)C(F)(F)F)C(=O)O. The highest BCUT2D eigenvalue weighted by molar-refractivity contribution is 8.00. The second-order valence-corrected chi connectivity index (χ2v) is 3.74. The first-order valence-electron chi connectivity index (χ1n) is 3.34. The fourth-order valence-corrected chi connectivity index (χ4v) is 1.20. The Morgan fingerprint density at radius 3 is 2.31 bits per heavy atom. The van der Waals surface area contributed by atoms with Gasteiger partial charge >= 0.3 is 12.1 Å². The first kappa shape index (κ1) is 12.6. The molecule has 2 unspecified atom stereocenters. The van der Waals surface area contributed by atoms with E-state index < -0.39 is 29.3 Å². The average molecular weight is 218 g/mol. The Bertz CT molecular complexity index is 182. The van der Waals surface area contributed by atoms with E-state index in [1.54, 1.807) is 0 Å². The van der Waals surface area contributed by atoms with Crippen LogP contribution in [-0.4, -0.2) is 39.5 Å². The highest BCUT2D eigenvalue weighted by atomic mass is 32.2. The molecule has 0 aliphatic carbocycles. The van der Waals surface area contributed by atoms with Crippen LogP contribution in [0.25, 0.3) is 0 Å². The van der Waals surface area contributed by atoms with Gasteiger partial charge in [-0.2, -0.15) is 13.2 Å². The lowest BCUT2D eigenvalue weighted by Gasteiger charge is -2.14. The van der Waals surface area contributed by atoms with Crippen molar-refractivity contribution in [3.05, 3.63) is 0 Å². The molecular formula is C6H9F3O3S. The first-order valence-corrected chi connectivity index (χ1v) is 4.39. The Morgan fingerprint density at radius 2 is 2.00 bits per heavy atom. The van der Waals surface area contributed by atoms with Crippen LogP contribution in [0.1, 0.15) is 6.92 Å². The lowest BCUT2D eigenvalue weighted by Crippen LogP contribution is -2.31. The van der Waals surface area contributed by atoms with Crippen LogP contribution in [0, 0.1) is 0 Å². The summed E-state index contributed by atoms with van der Waals surface area (Å²) in [6.07, 6.45) is -7.13. The van der Waals surface area contributed by atoms with E-state index in [4.69, 9.17) is 10.2 Å². The molecule has 0 heterocycles. The van der Waals surface area contributed by atoms with Crippen molar-refractivity contribution in [2.24, 2.45) is 0 Å². The third kappa shape index (κ3) is 4.99. The summed E-state index contributed by atoms with van der Waals surface area (Å²) in [5.74, 6) is -1.85. The molecule has 0 radical (unpaired) electrons. The minimum atomic E-state index is -4.68. The fraction of sp³-hybridized carbons (Fsp3) is 0.833. The molecule has 0 aliphatic heterocycles. The standard InChI is InChI=1S/C6H9F3O3S/c1-3(5(11)12)13-2-4(10)6(7,8)9/h3-4,10H,2H2,1H3,(H,11,12). The van der Waals surface area contributed by atoms with Gasteiger partial charge in [-0.25, -0.2) is 0 Å². The van der Waals surface area contributed by atoms with Gasteiger partial charge < -0.3 is 10.2 Å². The molecule has 7 heteroatoms. The molecule has 0 aliphatic rings. The second-order valence-electron chi connectivity index (χ2n) is 2.37. The van der Waals surface area contributed by atoms with E-state index in [-0.39, 0.29) is 0 Å². The summed E-state index contributed by atoms with van der Waals surface area (Å²) in [5.41, 5.74) is 0. The van der Waals surface area contributed by atoms with Crippen LogP contribution in [-0.2, 0) is 4.79 Å². The van der Waals surface area contributed by atoms with Gasteiger partial charge in [-0.15, -0.1) is 11.8 Å². The van der Waals surface area contributed by atoms with Crippen LogP contribution in [0.2, 0.25) is 0 Å². The van der Waals surface area contributed by atoms with Gasteiger partial charge in [0.1, 0.15) is 0 Å². The zero-order valence-electron chi connectivity index (χ0n) is 6.71. The summed E-state index contributed by atoms with van der Waals surface area (Å²) in [6, 6.07) is 0. The lowest BCUT2D eigenvalue weighted by molar-refractivity contribution is -0.195. The van der Waals surface area contributed by atoms with Gasteiger partial charge in [-0.05, 0) is 6.92 Å². The van der Waals surface area contributed by atoms with E-state index in [1.165, 1.54) is 6.92 Å². The molecule has 3 nitrogen and oxygen atoms in total. The maximum atomic E-state index is 11.7. The lowest BCUT2D eigenvalue weighted by atomic mass is 10.4. The summed E-state index contributed by atoms with van der Waals surface area (Å²) in [6.45, 7) is 1.26. The molecule has 0 saturated heterocycles. The van der Waals surface area contributed by atoms with Crippen LogP contribution in [0.4, 0.5) is 13.2 Å². The summed E-state index contributed by atoms with van der Waals surface area (Å²) >= 11 is 0.550. The highest BCUT2D eigenvalue weighted by Gasteiger charge is 2.38. The molecule has 0 spiro atoms. The third-order valence-electron chi connectivity index (χ3n) is 1.23. The zero-order valence-corrected chi connectivity index (χ0v) is 7.52. The van der Waals surface area contributed by atoms with Crippen molar-refractivity contribution in [1.82, 2.24) is 0 Å². The third-order valence-corrected chi connectivity index (χ3v) is 2.44. The molecule has 2 atom stereocenters. The molecule has 0 aromatic carbocycles. The number of halogens is 3. The molecule has 0 fully saturated rings. The van der Waals surface area contributed by atoms with Gasteiger partial charge in [0.15, 0.2) is 6.10 Å². The van der Waals surface area contributed by atoms with Gasteiger partial charge in [-0.1, -0.05) is 0 Å². The number of hydrogen-bond donors (Lipinski definition) is 2. The number of aliphatic hydroxyl groups is 1. The molecule has 78 valence electrons. The largest absolute Gasteiger partial charge is 0.480 e.